The zero-order chi connectivity index (χ0) is 22.8. The van der Waals surface area contributed by atoms with Crippen molar-refractivity contribution in [1.29, 1.82) is 0 Å². The summed E-state index contributed by atoms with van der Waals surface area (Å²) in [7, 11) is 0. The predicted molar refractivity (Wildman–Crippen MR) is 147 cm³/mol. The van der Waals surface area contributed by atoms with E-state index in [1.54, 1.807) is 6.07 Å². The van der Waals surface area contributed by atoms with Crippen molar-refractivity contribution in [3.8, 4) is 12.3 Å². The number of guanidine groups is 1. The molecule has 0 bridgehead atoms. The van der Waals surface area contributed by atoms with Crippen LogP contribution in [0.4, 0.5) is 5.69 Å². The van der Waals surface area contributed by atoms with Crippen LogP contribution in [0.3, 0.4) is 0 Å². The van der Waals surface area contributed by atoms with Crippen molar-refractivity contribution in [3.63, 3.8) is 0 Å². The minimum atomic E-state index is -0.178. The first-order valence-corrected chi connectivity index (χ1v) is 11.3. The number of aliphatic imine (C=N–C) groups is 1. The highest BCUT2D eigenvalue weighted by molar-refractivity contribution is 14.0. The van der Waals surface area contributed by atoms with E-state index in [4.69, 9.17) is 6.42 Å². The molecule has 33 heavy (non-hydrogen) atoms. The third-order valence-corrected chi connectivity index (χ3v) is 5.62. The Labute approximate surface area is 214 Å². The lowest BCUT2D eigenvalue weighted by Gasteiger charge is -2.38. The maximum Gasteiger partial charge on any atom is 0.246 e. The molecule has 2 aromatic carbocycles. The number of piperidine rings is 1. The lowest BCUT2D eigenvalue weighted by Crippen LogP contribution is -2.51. The fraction of sp³-hybridized carbons (Fsp3) is 0.385. The molecular weight excluding hydrogens is 525 g/mol. The average Bonchev–Trinajstić information content (AvgIpc) is 2.80. The Bertz CT molecular complexity index is 957. The van der Waals surface area contributed by atoms with Crippen LogP contribution in [0, 0.1) is 12.3 Å². The van der Waals surface area contributed by atoms with E-state index < -0.39 is 0 Å². The van der Waals surface area contributed by atoms with Crippen LogP contribution >= 0.6 is 24.0 Å². The number of amides is 1. The third-order valence-electron chi connectivity index (χ3n) is 5.62. The van der Waals surface area contributed by atoms with Crippen molar-refractivity contribution < 1.29 is 4.79 Å². The van der Waals surface area contributed by atoms with Gasteiger partial charge in [-0.05, 0) is 50.5 Å². The Hall–Kier alpha value is -2.57. The molecule has 2 unspecified atom stereocenters. The van der Waals surface area contributed by atoms with Gasteiger partial charge in [-0.2, -0.15) is 0 Å². The molecule has 3 N–H and O–H groups in total. The Morgan fingerprint density at radius 3 is 2.70 bits per heavy atom. The quantitative estimate of drug-likeness (QED) is 0.209. The Kier molecular flexibility index (Phi) is 11.2. The molecule has 0 aliphatic carbocycles. The summed E-state index contributed by atoms with van der Waals surface area (Å²) in [6.07, 6.45) is 7.49. The molecule has 1 fully saturated rings. The molecule has 1 saturated heterocycles. The van der Waals surface area contributed by atoms with Crippen molar-refractivity contribution >= 4 is 41.5 Å². The summed E-state index contributed by atoms with van der Waals surface area (Å²) in [5.74, 6) is 3.07. The molecule has 1 aliphatic heterocycles. The SMILES string of the molecule is C#Cc1cccc(NC(=O)CN=C(NCC)NC2CCN(Cc3ccccc3)C(C)C2)c1.I. The van der Waals surface area contributed by atoms with Crippen LogP contribution in [-0.4, -0.2) is 48.5 Å². The lowest BCUT2D eigenvalue weighted by molar-refractivity contribution is -0.114. The first-order chi connectivity index (χ1) is 15.6. The lowest BCUT2D eigenvalue weighted by atomic mass is 9.97. The fourth-order valence-electron chi connectivity index (χ4n) is 3.96. The van der Waals surface area contributed by atoms with Gasteiger partial charge in [0.2, 0.25) is 5.91 Å². The van der Waals surface area contributed by atoms with Crippen molar-refractivity contribution in [2.45, 2.75) is 45.3 Å². The normalized spacial score (nSPS) is 18.5. The van der Waals surface area contributed by atoms with E-state index in [-0.39, 0.29) is 36.4 Å². The molecule has 0 spiro atoms. The molecule has 0 saturated carbocycles. The number of terminal acetylenes is 1. The first-order valence-electron chi connectivity index (χ1n) is 11.3. The second-order valence-electron chi connectivity index (χ2n) is 8.14. The van der Waals surface area contributed by atoms with Crippen LogP contribution in [0.2, 0.25) is 0 Å². The van der Waals surface area contributed by atoms with E-state index in [0.717, 1.165) is 38.0 Å². The highest BCUT2D eigenvalue weighted by atomic mass is 127. The highest BCUT2D eigenvalue weighted by Gasteiger charge is 2.26. The van der Waals surface area contributed by atoms with Crippen molar-refractivity contribution in [2.24, 2.45) is 4.99 Å². The summed E-state index contributed by atoms with van der Waals surface area (Å²) < 4.78 is 0. The maximum atomic E-state index is 12.3. The summed E-state index contributed by atoms with van der Waals surface area (Å²) in [5.41, 5.74) is 2.76. The molecule has 0 aromatic heterocycles. The topological polar surface area (TPSA) is 68.8 Å². The van der Waals surface area contributed by atoms with Crippen LogP contribution < -0.4 is 16.0 Å². The van der Waals surface area contributed by atoms with Crippen LogP contribution in [-0.2, 0) is 11.3 Å². The Morgan fingerprint density at radius 2 is 2.00 bits per heavy atom. The number of nitrogens with zero attached hydrogens (tertiary/aromatic N) is 2. The number of carbonyl (C=O) groups excluding carboxylic acids is 1. The van der Waals surface area contributed by atoms with E-state index in [1.165, 1.54) is 5.56 Å². The van der Waals surface area contributed by atoms with Gasteiger partial charge in [0.05, 0.1) is 0 Å². The molecule has 1 amide bonds. The van der Waals surface area contributed by atoms with E-state index in [1.807, 2.05) is 25.1 Å². The molecule has 3 rings (SSSR count). The van der Waals surface area contributed by atoms with Gasteiger partial charge in [-0.1, -0.05) is 42.3 Å². The average molecular weight is 559 g/mol. The molecular formula is C26H34IN5O. The monoisotopic (exact) mass is 559 g/mol. The zero-order valence-corrected chi connectivity index (χ0v) is 21.7. The van der Waals surface area contributed by atoms with Crippen LogP contribution in [0.5, 0.6) is 0 Å². The maximum absolute atomic E-state index is 12.3. The van der Waals surface area contributed by atoms with Gasteiger partial charge in [-0.25, -0.2) is 4.99 Å². The third kappa shape index (κ3) is 8.71. The molecule has 6 nitrogen and oxygen atoms in total. The van der Waals surface area contributed by atoms with Gasteiger partial charge in [0.1, 0.15) is 6.54 Å². The number of hydrogen-bond donors (Lipinski definition) is 3. The van der Waals surface area contributed by atoms with Crippen molar-refractivity contribution in [1.82, 2.24) is 15.5 Å². The summed E-state index contributed by atoms with van der Waals surface area (Å²) in [6, 6.07) is 18.6. The predicted octanol–water partition coefficient (Wildman–Crippen LogP) is 3.83. The second kappa shape index (κ2) is 13.9. The number of rotatable bonds is 7. The number of carbonyl (C=O) groups is 1. The molecule has 0 radical (unpaired) electrons. The largest absolute Gasteiger partial charge is 0.357 e. The van der Waals surface area contributed by atoms with Gasteiger partial charge >= 0.3 is 0 Å². The standard InChI is InChI=1S/C26H33N5O.HI/c1-4-21-12-9-13-23(17-21)29-25(32)18-28-26(27-5-2)30-24-14-15-31(20(3)16-24)19-22-10-7-6-8-11-22;/h1,6-13,17,20,24H,5,14-16,18-19H2,2-3H3,(H,29,32)(H2,27,28,30);1H. The first kappa shape index (κ1) is 26.7. The van der Waals surface area contributed by atoms with Gasteiger partial charge in [0.25, 0.3) is 0 Å². The van der Waals surface area contributed by atoms with Crippen LogP contribution in [0.15, 0.2) is 59.6 Å². The highest BCUT2D eigenvalue weighted by Crippen LogP contribution is 2.20. The van der Waals surface area contributed by atoms with E-state index in [0.29, 0.717) is 23.7 Å². The summed E-state index contributed by atoms with van der Waals surface area (Å²) in [6.45, 7) is 7.08. The van der Waals surface area contributed by atoms with E-state index >= 15 is 0 Å². The van der Waals surface area contributed by atoms with Crippen LogP contribution in [0.1, 0.15) is 37.8 Å². The Balaban J connectivity index is 0.00000385. The number of anilines is 1. The number of halogens is 1. The number of nitrogens with one attached hydrogen (secondary N) is 3. The molecule has 7 heteroatoms. The molecule has 176 valence electrons. The summed E-state index contributed by atoms with van der Waals surface area (Å²) in [4.78, 5) is 19.4. The van der Waals surface area contributed by atoms with Crippen LogP contribution in [0.25, 0.3) is 0 Å². The molecule has 1 aliphatic rings. The van der Waals surface area contributed by atoms with Gasteiger partial charge < -0.3 is 16.0 Å². The molecule has 2 aromatic rings. The van der Waals surface area contributed by atoms with E-state index in [2.05, 4.69) is 69.0 Å². The molecule has 2 atom stereocenters. The number of hydrogen-bond acceptors (Lipinski definition) is 3. The van der Waals surface area contributed by atoms with Crippen molar-refractivity contribution in [3.05, 3.63) is 65.7 Å². The van der Waals surface area contributed by atoms with Gasteiger partial charge in [-0.3, -0.25) is 9.69 Å². The second-order valence-corrected chi connectivity index (χ2v) is 8.14. The molecule has 1 heterocycles. The minimum absolute atomic E-state index is 0. The zero-order valence-electron chi connectivity index (χ0n) is 19.4. The summed E-state index contributed by atoms with van der Waals surface area (Å²) in [5, 5.41) is 9.62. The smallest absolute Gasteiger partial charge is 0.246 e. The Morgan fingerprint density at radius 1 is 1.21 bits per heavy atom. The van der Waals surface area contributed by atoms with Gasteiger partial charge in [-0.15, -0.1) is 30.4 Å². The van der Waals surface area contributed by atoms with E-state index in [9.17, 15) is 4.79 Å². The van der Waals surface area contributed by atoms with Gasteiger partial charge in [0.15, 0.2) is 5.96 Å². The number of benzene rings is 2. The van der Waals surface area contributed by atoms with Crippen molar-refractivity contribution in [2.75, 3.05) is 25.0 Å². The number of likely N-dealkylation sites (tertiary alicyclic amines) is 1. The fourth-order valence-corrected chi connectivity index (χ4v) is 3.96. The van der Waals surface area contributed by atoms with Gasteiger partial charge in [0, 0.05) is 43.0 Å². The summed E-state index contributed by atoms with van der Waals surface area (Å²) >= 11 is 0. The minimum Gasteiger partial charge on any atom is -0.357 e.